The van der Waals surface area contributed by atoms with E-state index in [1.807, 2.05) is 12.9 Å². The van der Waals surface area contributed by atoms with Crippen molar-refractivity contribution in [3.8, 4) is 0 Å². The van der Waals surface area contributed by atoms with Gasteiger partial charge in [0.1, 0.15) is 5.94 Å². The zero-order valence-corrected chi connectivity index (χ0v) is 16.1. The molecule has 0 aromatic carbocycles. The van der Waals surface area contributed by atoms with Gasteiger partial charge in [-0.3, -0.25) is 0 Å². The van der Waals surface area contributed by atoms with E-state index in [9.17, 15) is 4.79 Å². The summed E-state index contributed by atoms with van der Waals surface area (Å²) in [6, 6.07) is 0. The Hall–Kier alpha value is -0.550. The molecule has 0 aromatic rings. The van der Waals surface area contributed by atoms with Crippen LogP contribution in [0.1, 0.15) is 129 Å². The first-order chi connectivity index (χ1) is 11.3. The Bertz CT molecular complexity index is 276. The number of carbonyl (C=O) groups excluding carboxylic acids is 1. The van der Waals surface area contributed by atoms with Crippen molar-refractivity contribution in [1.82, 2.24) is 0 Å². The summed E-state index contributed by atoms with van der Waals surface area (Å²) in [7, 11) is 0. The molecule has 0 amide bonds. The third-order valence-electron chi connectivity index (χ3n) is 4.83. The van der Waals surface area contributed by atoms with Crippen LogP contribution in [0.5, 0.6) is 0 Å². The van der Waals surface area contributed by atoms with Crippen LogP contribution in [0, 0.1) is 0 Å². The van der Waals surface area contributed by atoms with E-state index in [4.69, 9.17) is 0 Å². The van der Waals surface area contributed by atoms with E-state index in [-0.39, 0.29) is 0 Å². The van der Waals surface area contributed by atoms with E-state index in [2.05, 4.69) is 6.92 Å². The van der Waals surface area contributed by atoms with Gasteiger partial charge in [-0.05, 0) is 19.8 Å². The highest BCUT2D eigenvalue weighted by Gasteiger charge is 1.95. The molecule has 0 N–H and O–H groups in total. The van der Waals surface area contributed by atoms with Crippen LogP contribution in [0.3, 0.4) is 0 Å². The lowest BCUT2D eigenvalue weighted by atomic mass is 10.0. The number of hydrogen-bond acceptors (Lipinski definition) is 1. The highest BCUT2D eigenvalue weighted by molar-refractivity contribution is 5.50. The van der Waals surface area contributed by atoms with Gasteiger partial charge >= 0.3 is 0 Å². The molecule has 0 bridgehead atoms. The summed E-state index contributed by atoms with van der Waals surface area (Å²) in [5.74, 6) is 1.99. The molecule has 0 spiro atoms. The van der Waals surface area contributed by atoms with Crippen molar-refractivity contribution in [2.75, 3.05) is 0 Å². The van der Waals surface area contributed by atoms with Gasteiger partial charge in [0.2, 0.25) is 0 Å². The van der Waals surface area contributed by atoms with Crippen molar-refractivity contribution >= 4 is 5.94 Å². The van der Waals surface area contributed by atoms with Crippen LogP contribution < -0.4 is 0 Å². The Labute approximate surface area is 146 Å². The molecule has 0 rings (SSSR count). The average molecular weight is 323 g/mol. The SMILES string of the molecule is CCCCCCCCCCCCCCCCCCCC(C)=C=O. The molecule has 0 aliphatic carbocycles. The molecule has 136 valence electrons. The van der Waals surface area contributed by atoms with Gasteiger partial charge in [0.15, 0.2) is 0 Å². The minimum absolute atomic E-state index is 0.881. The zero-order chi connectivity index (χ0) is 17.0. The Morgan fingerprint density at radius 2 is 0.870 bits per heavy atom. The molecule has 1 nitrogen and oxygen atoms in total. The summed E-state index contributed by atoms with van der Waals surface area (Å²) in [6.45, 7) is 4.17. The van der Waals surface area contributed by atoms with Gasteiger partial charge in [0.05, 0.1) is 0 Å². The van der Waals surface area contributed by atoms with E-state index in [1.165, 1.54) is 109 Å². The topological polar surface area (TPSA) is 17.1 Å². The molecule has 0 aliphatic rings. The van der Waals surface area contributed by atoms with Crippen LogP contribution in [0.4, 0.5) is 0 Å². The van der Waals surface area contributed by atoms with Crippen molar-refractivity contribution in [3.05, 3.63) is 5.57 Å². The fraction of sp³-hybridized carbons (Fsp3) is 0.909. The molecule has 23 heavy (non-hydrogen) atoms. The highest BCUT2D eigenvalue weighted by Crippen LogP contribution is 2.14. The minimum Gasteiger partial charge on any atom is -0.234 e. The number of allylic oxidation sites excluding steroid dienone is 1. The van der Waals surface area contributed by atoms with Crippen LogP contribution in [0.15, 0.2) is 5.57 Å². The lowest BCUT2D eigenvalue weighted by molar-refractivity contribution is 0.527. The van der Waals surface area contributed by atoms with Crippen molar-refractivity contribution in [2.24, 2.45) is 0 Å². The maximum absolute atomic E-state index is 10.3. The van der Waals surface area contributed by atoms with Crippen molar-refractivity contribution in [1.29, 1.82) is 0 Å². The standard InChI is InChI=1S/C22H42O/c1-3-4-5-6-7-8-9-10-11-12-13-14-15-16-17-18-19-20-22(2)21-23/h3-20H2,1-2H3. The fourth-order valence-electron chi connectivity index (χ4n) is 3.17. The lowest BCUT2D eigenvalue weighted by Gasteiger charge is -2.03. The third kappa shape index (κ3) is 19.4. The van der Waals surface area contributed by atoms with Crippen molar-refractivity contribution < 1.29 is 4.79 Å². The largest absolute Gasteiger partial charge is 0.234 e. The van der Waals surface area contributed by atoms with Crippen LogP contribution >= 0.6 is 0 Å². The maximum atomic E-state index is 10.3. The van der Waals surface area contributed by atoms with Gasteiger partial charge < -0.3 is 0 Å². The molecular formula is C22H42O. The molecule has 0 saturated heterocycles. The molecule has 0 heterocycles. The molecule has 1 heteroatoms. The fourth-order valence-corrected chi connectivity index (χ4v) is 3.17. The summed E-state index contributed by atoms with van der Waals surface area (Å²) in [5, 5.41) is 0. The number of rotatable bonds is 18. The Morgan fingerprint density at radius 1 is 0.565 bits per heavy atom. The predicted molar refractivity (Wildman–Crippen MR) is 104 cm³/mol. The summed E-state index contributed by atoms with van der Waals surface area (Å²) < 4.78 is 0. The second-order valence-electron chi connectivity index (χ2n) is 7.29. The van der Waals surface area contributed by atoms with Gasteiger partial charge in [-0.25, -0.2) is 4.79 Å². The smallest absolute Gasteiger partial charge is 0.123 e. The summed E-state index contributed by atoms with van der Waals surface area (Å²) >= 11 is 0. The minimum atomic E-state index is 0.881. The predicted octanol–water partition coefficient (Wildman–Crippen LogP) is 7.81. The van der Waals surface area contributed by atoms with Crippen LogP contribution in [0.25, 0.3) is 0 Å². The number of hydrogen-bond donors (Lipinski definition) is 0. The van der Waals surface area contributed by atoms with Crippen LogP contribution in [-0.4, -0.2) is 5.94 Å². The second kappa shape index (κ2) is 19.5. The Balaban J connectivity index is 3.01. The molecule has 0 aliphatic heterocycles. The highest BCUT2D eigenvalue weighted by atomic mass is 16.1. The number of unbranched alkanes of at least 4 members (excludes halogenated alkanes) is 16. The molecule has 0 unspecified atom stereocenters. The van der Waals surface area contributed by atoms with Gasteiger partial charge in [0.25, 0.3) is 0 Å². The Morgan fingerprint density at radius 3 is 1.17 bits per heavy atom. The first kappa shape index (κ1) is 22.4. The van der Waals surface area contributed by atoms with Crippen LogP contribution in [-0.2, 0) is 4.79 Å². The maximum Gasteiger partial charge on any atom is 0.123 e. The molecule has 0 saturated carbocycles. The molecule has 0 aromatic heterocycles. The summed E-state index contributed by atoms with van der Waals surface area (Å²) in [6.07, 6.45) is 24.8. The van der Waals surface area contributed by atoms with Gasteiger partial charge in [-0.2, -0.15) is 0 Å². The van der Waals surface area contributed by atoms with E-state index in [1.54, 1.807) is 0 Å². The van der Waals surface area contributed by atoms with Gasteiger partial charge in [-0.1, -0.05) is 110 Å². The van der Waals surface area contributed by atoms with Crippen LogP contribution in [0.2, 0.25) is 0 Å². The van der Waals surface area contributed by atoms with E-state index < -0.39 is 0 Å². The van der Waals surface area contributed by atoms with Crippen molar-refractivity contribution in [2.45, 2.75) is 129 Å². The monoisotopic (exact) mass is 322 g/mol. The average Bonchev–Trinajstić information content (AvgIpc) is 2.57. The third-order valence-corrected chi connectivity index (χ3v) is 4.83. The van der Waals surface area contributed by atoms with E-state index in [0.29, 0.717) is 0 Å². The second-order valence-corrected chi connectivity index (χ2v) is 7.29. The first-order valence-electron chi connectivity index (χ1n) is 10.5. The quantitative estimate of drug-likeness (QED) is 0.186. The molecular weight excluding hydrogens is 280 g/mol. The van der Waals surface area contributed by atoms with E-state index in [0.717, 1.165) is 12.0 Å². The normalized spacial score (nSPS) is 10.7. The molecule has 0 radical (unpaired) electrons. The van der Waals surface area contributed by atoms with Gasteiger partial charge in [0, 0.05) is 5.57 Å². The summed E-state index contributed by atoms with van der Waals surface area (Å²) in [4.78, 5) is 10.3. The Kier molecular flexibility index (Phi) is 19.0. The molecule has 0 atom stereocenters. The van der Waals surface area contributed by atoms with E-state index >= 15 is 0 Å². The molecule has 0 fully saturated rings. The van der Waals surface area contributed by atoms with Gasteiger partial charge in [-0.15, -0.1) is 0 Å². The zero-order valence-electron chi connectivity index (χ0n) is 16.1. The summed E-state index contributed by atoms with van der Waals surface area (Å²) in [5.41, 5.74) is 0.881. The first-order valence-corrected chi connectivity index (χ1v) is 10.5. The lowest BCUT2D eigenvalue weighted by Crippen LogP contribution is -1.84. The van der Waals surface area contributed by atoms with Crippen molar-refractivity contribution in [3.63, 3.8) is 0 Å².